The van der Waals surface area contributed by atoms with E-state index in [9.17, 15) is 4.79 Å². The Bertz CT molecular complexity index is 1050. The number of hydrogen-bond donors (Lipinski definition) is 4. The van der Waals surface area contributed by atoms with Crippen molar-refractivity contribution < 1.29 is 4.79 Å². The van der Waals surface area contributed by atoms with Crippen LogP contribution in [0, 0.1) is 0 Å². The average Bonchev–Trinajstić information content (AvgIpc) is 2.75. The van der Waals surface area contributed by atoms with Crippen molar-refractivity contribution >= 4 is 28.9 Å². The summed E-state index contributed by atoms with van der Waals surface area (Å²) < 4.78 is 0. The number of amides is 1. The molecule has 0 aromatic carbocycles. The number of pyridine rings is 2. The predicted molar refractivity (Wildman–Crippen MR) is 116 cm³/mol. The van der Waals surface area contributed by atoms with E-state index in [0.717, 1.165) is 31.6 Å². The Kier molecular flexibility index (Phi) is 5.40. The molecule has 0 unspecified atom stereocenters. The number of carbonyl (C=O) groups is 1. The van der Waals surface area contributed by atoms with Crippen LogP contribution >= 0.6 is 0 Å². The van der Waals surface area contributed by atoms with Crippen LogP contribution in [0.15, 0.2) is 43.0 Å². The molecule has 10 nitrogen and oxygen atoms in total. The molecule has 1 fully saturated rings. The molecule has 30 heavy (non-hydrogen) atoms. The predicted octanol–water partition coefficient (Wildman–Crippen LogP) is 1.28. The Morgan fingerprint density at radius 1 is 1.13 bits per heavy atom. The smallest absolute Gasteiger partial charge is 0.276 e. The molecule has 0 radical (unpaired) electrons. The quantitative estimate of drug-likeness (QED) is 0.501. The third-order valence-electron chi connectivity index (χ3n) is 4.95. The number of anilines is 4. The van der Waals surface area contributed by atoms with E-state index in [1.807, 2.05) is 6.07 Å². The van der Waals surface area contributed by atoms with E-state index in [2.05, 4.69) is 30.2 Å². The maximum atomic E-state index is 13.0. The molecule has 1 aliphatic heterocycles. The molecular weight excluding hydrogens is 382 g/mol. The number of nitrogens with zero attached hydrogens (tertiary/aromatic N) is 5. The normalized spacial score (nSPS) is 16.3. The van der Waals surface area contributed by atoms with E-state index < -0.39 is 5.91 Å². The maximum absolute atomic E-state index is 13.0. The molecule has 3 aromatic rings. The average molecular weight is 405 g/mol. The summed E-state index contributed by atoms with van der Waals surface area (Å²) in [6.45, 7) is 1.59. The number of aromatic nitrogens is 4. The van der Waals surface area contributed by atoms with Gasteiger partial charge in [0, 0.05) is 43.3 Å². The van der Waals surface area contributed by atoms with Crippen LogP contribution in [0.2, 0.25) is 0 Å². The number of piperidine rings is 1. The Morgan fingerprint density at radius 3 is 2.70 bits per heavy atom. The van der Waals surface area contributed by atoms with Crippen LogP contribution in [-0.2, 0) is 0 Å². The summed E-state index contributed by atoms with van der Waals surface area (Å²) >= 11 is 0. The first kappa shape index (κ1) is 19.5. The fourth-order valence-electron chi connectivity index (χ4n) is 3.45. The molecule has 4 rings (SSSR count). The highest BCUT2D eigenvalue weighted by Crippen LogP contribution is 2.28. The van der Waals surface area contributed by atoms with Gasteiger partial charge in [0.2, 0.25) is 5.95 Å². The zero-order valence-corrected chi connectivity index (χ0v) is 16.3. The molecule has 3 aromatic heterocycles. The molecule has 1 saturated heterocycles. The van der Waals surface area contributed by atoms with Gasteiger partial charge in [0.15, 0.2) is 5.69 Å². The lowest BCUT2D eigenvalue weighted by Crippen LogP contribution is -2.43. The van der Waals surface area contributed by atoms with Gasteiger partial charge in [-0.3, -0.25) is 9.78 Å². The molecule has 154 valence electrons. The fourth-order valence-corrected chi connectivity index (χ4v) is 3.45. The van der Waals surface area contributed by atoms with Crippen molar-refractivity contribution in [1.82, 2.24) is 19.9 Å². The highest BCUT2D eigenvalue weighted by Gasteiger charge is 2.21. The maximum Gasteiger partial charge on any atom is 0.276 e. The van der Waals surface area contributed by atoms with Crippen molar-refractivity contribution in [2.75, 3.05) is 34.8 Å². The molecule has 0 aliphatic carbocycles. The van der Waals surface area contributed by atoms with Gasteiger partial charge in [-0.25, -0.2) is 15.0 Å². The molecule has 1 atom stereocenters. The topological polar surface area (TPSA) is 162 Å². The summed E-state index contributed by atoms with van der Waals surface area (Å²) in [4.78, 5) is 31.6. The van der Waals surface area contributed by atoms with Crippen molar-refractivity contribution in [2.45, 2.75) is 18.9 Å². The zero-order valence-electron chi connectivity index (χ0n) is 16.3. The van der Waals surface area contributed by atoms with E-state index in [-0.39, 0.29) is 23.4 Å². The van der Waals surface area contributed by atoms with Crippen LogP contribution in [0.5, 0.6) is 0 Å². The molecule has 4 heterocycles. The van der Waals surface area contributed by atoms with E-state index in [4.69, 9.17) is 17.2 Å². The van der Waals surface area contributed by atoms with Crippen LogP contribution in [0.4, 0.5) is 23.0 Å². The summed E-state index contributed by atoms with van der Waals surface area (Å²) in [7, 11) is 0. The summed E-state index contributed by atoms with van der Waals surface area (Å²) in [5.41, 5.74) is 20.6. The standard InChI is InChI=1S/C20H23N9O/c21-13-2-1-7-29(11-13)17-5-6-24-10-16(17)28-19(30)18-14(22)3-4-15(27-18)12-8-25-20(23)26-9-12/h3-6,8-10,13H,1-2,7,11,21-22H2,(H,28,30)(H2,23,25,26)/t13-/m0/s1. The first-order valence-corrected chi connectivity index (χ1v) is 9.61. The molecule has 0 bridgehead atoms. The van der Waals surface area contributed by atoms with Crippen LogP contribution in [-0.4, -0.2) is 45.0 Å². The zero-order chi connectivity index (χ0) is 21.1. The molecule has 1 aliphatic rings. The van der Waals surface area contributed by atoms with Gasteiger partial charge in [-0.2, -0.15) is 0 Å². The minimum Gasteiger partial charge on any atom is -0.397 e. The van der Waals surface area contributed by atoms with Gasteiger partial charge >= 0.3 is 0 Å². The SMILES string of the molecule is Nc1ncc(-c2ccc(N)c(C(=O)Nc3cnccc3N3CCC[C@H](N)C3)n2)cn1. The number of hydrogen-bond acceptors (Lipinski definition) is 9. The second kappa shape index (κ2) is 8.29. The molecule has 10 heteroatoms. The van der Waals surface area contributed by atoms with E-state index in [1.54, 1.807) is 36.9 Å². The fraction of sp³-hybridized carbons (Fsp3) is 0.250. The Labute approximate surface area is 173 Å². The van der Waals surface area contributed by atoms with Crippen LogP contribution in [0.1, 0.15) is 23.3 Å². The van der Waals surface area contributed by atoms with Crippen LogP contribution < -0.4 is 27.4 Å². The van der Waals surface area contributed by atoms with Crippen LogP contribution in [0.3, 0.4) is 0 Å². The summed E-state index contributed by atoms with van der Waals surface area (Å²) in [6, 6.07) is 5.30. The Hall–Kier alpha value is -3.79. The summed E-state index contributed by atoms with van der Waals surface area (Å²) in [5.74, 6) is -0.269. The van der Waals surface area contributed by atoms with E-state index in [0.29, 0.717) is 16.9 Å². The van der Waals surface area contributed by atoms with E-state index in [1.165, 1.54) is 0 Å². The Balaban J connectivity index is 1.60. The lowest BCUT2D eigenvalue weighted by atomic mass is 10.1. The molecule has 0 spiro atoms. The molecule has 0 saturated carbocycles. The third kappa shape index (κ3) is 4.13. The monoisotopic (exact) mass is 405 g/mol. The van der Waals surface area contributed by atoms with Crippen LogP contribution in [0.25, 0.3) is 11.3 Å². The first-order valence-electron chi connectivity index (χ1n) is 9.61. The highest BCUT2D eigenvalue weighted by atomic mass is 16.1. The van der Waals surface area contributed by atoms with Gasteiger partial charge in [0.05, 0.1) is 29.0 Å². The Morgan fingerprint density at radius 2 is 1.93 bits per heavy atom. The van der Waals surface area contributed by atoms with Gasteiger partial charge in [0.25, 0.3) is 5.91 Å². The minimum absolute atomic E-state index is 0.103. The highest BCUT2D eigenvalue weighted by molar-refractivity contribution is 6.07. The number of nitrogens with two attached hydrogens (primary N) is 3. The van der Waals surface area contributed by atoms with Crippen molar-refractivity contribution in [1.29, 1.82) is 0 Å². The first-order chi connectivity index (χ1) is 14.5. The van der Waals surface area contributed by atoms with Crippen molar-refractivity contribution in [2.24, 2.45) is 5.73 Å². The lowest BCUT2D eigenvalue weighted by molar-refractivity contribution is 0.102. The van der Waals surface area contributed by atoms with Gasteiger partial charge < -0.3 is 27.4 Å². The van der Waals surface area contributed by atoms with E-state index >= 15 is 0 Å². The molecule has 7 N–H and O–H groups in total. The molecule has 1 amide bonds. The summed E-state index contributed by atoms with van der Waals surface area (Å²) in [6.07, 6.45) is 8.38. The van der Waals surface area contributed by atoms with Gasteiger partial charge in [-0.1, -0.05) is 0 Å². The van der Waals surface area contributed by atoms with Gasteiger partial charge in [-0.15, -0.1) is 0 Å². The minimum atomic E-state index is -0.429. The van der Waals surface area contributed by atoms with Crippen molar-refractivity contribution in [3.05, 3.63) is 48.7 Å². The lowest BCUT2D eigenvalue weighted by Gasteiger charge is -2.33. The second-order valence-electron chi connectivity index (χ2n) is 7.16. The van der Waals surface area contributed by atoms with Crippen molar-refractivity contribution in [3.8, 4) is 11.3 Å². The summed E-state index contributed by atoms with van der Waals surface area (Å²) in [5, 5.41) is 2.89. The third-order valence-corrected chi connectivity index (χ3v) is 4.95. The molecular formula is C20H23N9O. The number of nitrogen functional groups attached to an aromatic ring is 2. The van der Waals surface area contributed by atoms with Gasteiger partial charge in [-0.05, 0) is 31.0 Å². The second-order valence-corrected chi connectivity index (χ2v) is 7.16. The van der Waals surface area contributed by atoms with Gasteiger partial charge in [0.1, 0.15) is 0 Å². The number of rotatable bonds is 4. The number of carbonyl (C=O) groups excluding carboxylic acids is 1. The largest absolute Gasteiger partial charge is 0.397 e. The number of nitrogens with one attached hydrogen (secondary N) is 1. The van der Waals surface area contributed by atoms with Crippen molar-refractivity contribution in [3.63, 3.8) is 0 Å².